The Kier molecular flexibility index (Phi) is 9.43. The van der Waals surface area contributed by atoms with E-state index < -0.39 is 62.2 Å². The van der Waals surface area contributed by atoms with Gasteiger partial charge in [0.05, 0.1) is 16.0 Å². The number of piperidine rings is 1. The van der Waals surface area contributed by atoms with Crippen molar-refractivity contribution in [2.45, 2.75) is 62.3 Å². The Bertz CT molecular complexity index is 1220. The van der Waals surface area contributed by atoms with E-state index in [2.05, 4.69) is 10.4 Å². The number of nitrogens with one attached hydrogen (secondary N) is 2. The number of carboxylic acid groups (broad SMARTS) is 1. The average Bonchev–Trinajstić information content (AvgIpc) is 3.71. The summed E-state index contributed by atoms with van der Waals surface area (Å²) in [6.07, 6.45) is -3.17. The fraction of sp³-hybridized carbons (Fsp3) is 0.565. The molecule has 2 amide bonds. The molecule has 1 aliphatic carbocycles. The van der Waals surface area contributed by atoms with E-state index in [0.29, 0.717) is 50.6 Å². The first kappa shape index (κ1) is 30.1. The van der Waals surface area contributed by atoms with Crippen molar-refractivity contribution >= 4 is 34.1 Å². The van der Waals surface area contributed by atoms with Crippen molar-refractivity contribution in [3.63, 3.8) is 0 Å². The van der Waals surface area contributed by atoms with Gasteiger partial charge in [0, 0.05) is 32.1 Å². The lowest BCUT2D eigenvalue weighted by Gasteiger charge is -2.31. The van der Waals surface area contributed by atoms with Gasteiger partial charge in [0.25, 0.3) is 5.91 Å². The lowest BCUT2D eigenvalue weighted by Crippen LogP contribution is -2.56. The van der Waals surface area contributed by atoms with Gasteiger partial charge >= 0.3 is 12.1 Å². The monoisotopic (exact) mass is 576 g/mol. The van der Waals surface area contributed by atoms with Crippen molar-refractivity contribution in [2.24, 2.45) is 16.9 Å². The van der Waals surface area contributed by atoms with E-state index in [-0.39, 0.29) is 18.9 Å². The van der Waals surface area contributed by atoms with Gasteiger partial charge in [-0.3, -0.25) is 9.59 Å². The van der Waals surface area contributed by atoms with Gasteiger partial charge in [-0.05, 0) is 49.8 Å². The van der Waals surface area contributed by atoms with Gasteiger partial charge in [-0.1, -0.05) is 6.92 Å². The van der Waals surface area contributed by atoms with Crippen LogP contribution in [-0.4, -0.2) is 79.3 Å². The third-order valence-electron chi connectivity index (χ3n) is 6.49. The molecule has 0 aromatic heterocycles. The zero-order chi connectivity index (χ0) is 29.0. The van der Waals surface area contributed by atoms with Crippen molar-refractivity contribution in [1.82, 2.24) is 19.8 Å². The number of carbonyl (C=O) groups excluding carboxylic acids is 2. The highest BCUT2D eigenvalue weighted by Gasteiger charge is 2.42. The number of rotatable bonds is 11. The van der Waals surface area contributed by atoms with Crippen LogP contribution in [0.5, 0.6) is 0 Å². The number of hydrogen-bond acceptors (Lipinski definition) is 7. The molecular formula is C23H31F3N6O6S. The fourth-order valence-corrected chi connectivity index (χ4v) is 5.62. The first-order chi connectivity index (χ1) is 18.3. The fourth-order valence-electron chi connectivity index (χ4n) is 4.46. The maximum atomic E-state index is 13.7. The topological polar surface area (TPSA) is 174 Å². The highest BCUT2D eigenvalue weighted by atomic mass is 32.2. The highest BCUT2D eigenvalue weighted by molar-refractivity contribution is 7.89. The number of hydrazone groups is 1. The Morgan fingerprint density at radius 1 is 1.28 bits per heavy atom. The lowest BCUT2D eigenvalue weighted by molar-refractivity contribution is -0.151. The number of sulfonamides is 1. The molecule has 0 bridgehead atoms. The number of benzene rings is 1. The second kappa shape index (κ2) is 12.2. The van der Waals surface area contributed by atoms with Crippen LogP contribution in [0.4, 0.5) is 13.2 Å². The van der Waals surface area contributed by atoms with Crippen LogP contribution in [0.15, 0.2) is 28.2 Å². The summed E-state index contributed by atoms with van der Waals surface area (Å²) in [6, 6.07) is 1.17. The molecule has 1 heterocycles. The molecule has 3 rings (SSSR count). The van der Waals surface area contributed by atoms with Gasteiger partial charge in [-0.2, -0.15) is 23.0 Å². The number of carboxylic acids is 1. The number of carbonyl (C=O) groups is 3. The third kappa shape index (κ3) is 7.59. The van der Waals surface area contributed by atoms with Gasteiger partial charge in [0.1, 0.15) is 6.34 Å². The molecule has 0 unspecified atom stereocenters. The summed E-state index contributed by atoms with van der Waals surface area (Å²) in [5.41, 5.74) is -2.29. The molecule has 1 saturated heterocycles. The maximum Gasteiger partial charge on any atom is 0.417 e. The summed E-state index contributed by atoms with van der Waals surface area (Å²) in [7, 11) is -4.77. The van der Waals surface area contributed by atoms with Crippen LogP contribution in [0.25, 0.3) is 0 Å². The molecule has 2 fully saturated rings. The zero-order valence-corrected chi connectivity index (χ0v) is 22.0. The number of hydrogen-bond donors (Lipinski definition) is 4. The largest absolute Gasteiger partial charge is 0.479 e. The van der Waals surface area contributed by atoms with E-state index in [0.717, 1.165) is 11.3 Å². The van der Waals surface area contributed by atoms with Gasteiger partial charge in [0.2, 0.25) is 15.9 Å². The minimum atomic E-state index is -4.97. The second-order valence-corrected chi connectivity index (χ2v) is 11.1. The quantitative estimate of drug-likeness (QED) is 0.0997. The van der Waals surface area contributed by atoms with Gasteiger partial charge in [0.15, 0.2) is 6.17 Å². The van der Waals surface area contributed by atoms with Crippen molar-refractivity contribution in [3.05, 3.63) is 29.3 Å². The Morgan fingerprint density at radius 2 is 1.97 bits per heavy atom. The van der Waals surface area contributed by atoms with Crippen LogP contribution in [0.2, 0.25) is 0 Å². The van der Waals surface area contributed by atoms with E-state index >= 15 is 0 Å². The van der Waals surface area contributed by atoms with E-state index in [9.17, 15) is 41.1 Å². The zero-order valence-electron chi connectivity index (χ0n) is 21.1. The predicted octanol–water partition coefficient (Wildman–Crippen LogP) is 1.14. The molecule has 0 spiro atoms. The van der Waals surface area contributed by atoms with Crippen LogP contribution >= 0.6 is 0 Å². The standard InChI is InChI=1S/C23H31F3N6O6S/c1-2-19(33)32(15-5-6-15)20(22(35)36)30-39(37,38)16-7-8-18(23(24,25)26)17(10-16)21(34)28-11-14-4-3-9-31(12-14)13-29-27/h7-8,10,13-15,20,30H,2-6,9,11-12,27H2,1H3,(H,28,34)(H,35,36)/t14-,20+/m0/s1. The molecule has 2 atom stereocenters. The Hall–Kier alpha value is -3.40. The van der Waals surface area contributed by atoms with E-state index in [4.69, 9.17) is 5.84 Å². The molecule has 16 heteroatoms. The number of likely N-dealkylation sites (tertiary alicyclic amines) is 1. The summed E-state index contributed by atoms with van der Waals surface area (Å²) >= 11 is 0. The van der Waals surface area contributed by atoms with E-state index in [1.54, 1.807) is 0 Å². The molecule has 216 valence electrons. The van der Waals surface area contributed by atoms with Crippen molar-refractivity contribution in [3.8, 4) is 0 Å². The lowest BCUT2D eigenvalue weighted by atomic mass is 9.98. The summed E-state index contributed by atoms with van der Waals surface area (Å²) in [6.45, 7) is 2.67. The van der Waals surface area contributed by atoms with Gasteiger partial charge in [-0.15, -0.1) is 0 Å². The smallest absolute Gasteiger partial charge is 0.417 e. The molecular weight excluding hydrogens is 545 g/mol. The number of aliphatic carboxylic acids is 1. The van der Waals surface area contributed by atoms with Crippen molar-refractivity contribution in [2.75, 3.05) is 19.6 Å². The first-order valence-corrected chi connectivity index (χ1v) is 13.8. The minimum absolute atomic E-state index is 0.0246. The molecule has 1 saturated carbocycles. The molecule has 39 heavy (non-hydrogen) atoms. The first-order valence-electron chi connectivity index (χ1n) is 12.3. The molecule has 1 aromatic rings. The highest BCUT2D eigenvalue weighted by Crippen LogP contribution is 2.34. The number of halogens is 3. The molecule has 1 aliphatic heterocycles. The van der Waals surface area contributed by atoms with Crippen LogP contribution in [-0.2, 0) is 25.8 Å². The molecule has 12 nitrogen and oxygen atoms in total. The third-order valence-corrected chi connectivity index (χ3v) is 7.90. The number of amides is 2. The SMILES string of the molecule is CCC(=O)N(C1CC1)[C@@H](NS(=O)(=O)c1ccc(C(F)(F)F)c(C(=O)NC[C@@H]2CCCN(C=NN)C2)c1)C(=O)O. The van der Waals surface area contributed by atoms with Crippen LogP contribution < -0.4 is 15.9 Å². The Labute approximate surface area is 223 Å². The molecule has 2 aliphatic rings. The van der Waals surface area contributed by atoms with Crippen LogP contribution in [0.1, 0.15) is 54.9 Å². The number of nitrogens with zero attached hydrogens (tertiary/aromatic N) is 3. The van der Waals surface area contributed by atoms with Gasteiger partial charge in [-0.25, -0.2) is 13.2 Å². The van der Waals surface area contributed by atoms with Gasteiger partial charge < -0.3 is 26.1 Å². The normalized spacial score (nSPS) is 19.1. The average molecular weight is 577 g/mol. The van der Waals surface area contributed by atoms with Crippen LogP contribution in [0, 0.1) is 5.92 Å². The van der Waals surface area contributed by atoms with E-state index in [1.165, 1.54) is 13.3 Å². The summed E-state index contributed by atoms with van der Waals surface area (Å²) in [5, 5.41) is 15.5. The van der Waals surface area contributed by atoms with Crippen molar-refractivity contribution in [1.29, 1.82) is 0 Å². The molecule has 5 N–H and O–H groups in total. The summed E-state index contributed by atoms with van der Waals surface area (Å²) in [5.74, 6) is 1.66. The second-order valence-electron chi connectivity index (χ2n) is 9.43. The number of alkyl halides is 3. The van der Waals surface area contributed by atoms with E-state index in [1.807, 2.05) is 9.62 Å². The Balaban J connectivity index is 1.86. The predicted molar refractivity (Wildman–Crippen MR) is 133 cm³/mol. The summed E-state index contributed by atoms with van der Waals surface area (Å²) in [4.78, 5) is 39.1. The molecule has 0 radical (unpaired) electrons. The van der Waals surface area contributed by atoms with Crippen LogP contribution in [0.3, 0.4) is 0 Å². The van der Waals surface area contributed by atoms with Crippen molar-refractivity contribution < 1.29 is 41.1 Å². The summed E-state index contributed by atoms with van der Waals surface area (Å²) < 4.78 is 69.2. The minimum Gasteiger partial charge on any atom is -0.479 e. The Morgan fingerprint density at radius 3 is 2.54 bits per heavy atom. The maximum absolute atomic E-state index is 13.7. The molecule has 1 aromatic carbocycles. The number of nitrogens with two attached hydrogens (primary N) is 1.